The predicted molar refractivity (Wildman–Crippen MR) is 256 cm³/mol. The van der Waals surface area contributed by atoms with E-state index in [4.69, 9.17) is 14.5 Å². The zero-order valence-corrected chi connectivity index (χ0v) is 41.8. The molecule has 3 aromatic rings. The topological polar surface area (TPSA) is 320 Å². The Kier molecular flexibility index (Phi) is 16.4. The van der Waals surface area contributed by atoms with E-state index in [1.54, 1.807) is 11.9 Å². The maximum Gasteiger partial charge on any atom is 0.490 e. The lowest BCUT2D eigenvalue weighted by molar-refractivity contribution is -0.462. The number of anilines is 1. The highest BCUT2D eigenvalue weighted by Gasteiger charge is 2.47. The van der Waals surface area contributed by atoms with Gasteiger partial charge < -0.3 is 49.6 Å². The van der Waals surface area contributed by atoms with Crippen molar-refractivity contribution in [2.45, 2.75) is 56.6 Å². The minimum atomic E-state index is -5.85. The van der Waals surface area contributed by atoms with Gasteiger partial charge in [0.05, 0.1) is 12.2 Å². The first kappa shape index (κ1) is 54.1. The first-order valence-electron chi connectivity index (χ1n) is 21.6. The van der Waals surface area contributed by atoms with Crippen LogP contribution in [0.4, 0.5) is 5.69 Å². The number of allylic oxidation sites excluding steroid dienone is 5. The summed E-state index contributed by atoms with van der Waals surface area (Å²) in [7, 11) is -7.43. The number of amides is 2. The summed E-state index contributed by atoms with van der Waals surface area (Å²) in [5.41, 5.74) is 6.23. The molecule has 378 valence electrons. The number of phosphoric acid groups is 3. The maximum absolute atomic E-state index is 14.3. The van der Waals surface area contributed by atoms with Crippen LogP contribution < -0.4 is 21.5 Å². The average Bonchev–Trinajstić information content (AvgIpc) is 3.55. The van der Waals surface area contributed by atoms with Gasteiger partial charge in [0.15, 0.2) is 11.9 Å². The number of H-pyrrole nitrogens is 1. The second kappa shape index (κ2) is 21.2. The molecule has 26 heteroatoms. The number of hydrogen-bond donors (Lipinski definition) is 8. The van der Waals surface area contributed by atoms with Crippen LogP contribution in [0.5, 0.6) is 0 Å². The van der Waals surface area contributed by atoms with Crippen LogP contribution in [-0.4, -0.2) is 140 Å². The zero-order chi connectivity index (χ0) is 51.7. The van der Waals surface area contributed by atoms with E-state index >= 15 is 0 Å². The molecule has 0 radical (unpaired) electrons. The molecule has 2 unspecified atom stereocenters. The number of hydrogen-bond acceptors (Lipinski definition) is 14. The lowest BCUT2D eigenvalue weighted by Crippen LogP contribution is -2.38. The fourth-order valence-electron chi connectivity index (χ4n) is 8.17. The number of benzene rings is 2. The number of carbonyl (C=O) groups excluding carboxylic acids is 2. The van der Waals surface area contributed by atoms with Gasteiger partial charge in [-0.15, -0.1) is 0 Å². The second-order valence-electron chi connectivity index (χ2n) is 17.5. The van der Waals surface area contributed by atoms with E-state index in [0.717, 1.165) is 51.0 Å². The Labute approximate surface area is 401 Å². The Hall–Kier alpha value is -5.22. The SMILES string of the molecule is CN(CCCC(=O)NC/C=C/c1cn([C@@H]2O[C@H](COP(=O)(O)OP(=O)(O)OP(=O)(O)O)[C@@H](O)[C@H]2O)c(=O)[nH]c1=O)C(=O)c1ccccc1C1=C2C=CC(=[N+](C)C)C=C2C(C)(C)c2cc(N(C)C)ccc21. The molecule has 1 saturated heterocycles. The molecule has 8 N–H and O–H groups in total. The summed E-state index contributed by atoms with van der Waals surface area (Å²) in [5, 5.41) is 23.8. The fraction of sp³-hybridized carbons (Fsp3) is 0.386. The molecule has 6 atom stereocenters. The maximum atomic E-state index is 14.3. The lowest BCUT2D eigenvalue weighted by Gasteiger charge is -2.39. The number of rotatable bonds is 18. The fourth-order valence-corrected chi connectivity index (χ4v) is 11.2. The van der Waals surface area contributed by atoms with E-state index in [9.17, 15) is 52.9 Å². The monoisotopic (exact) mass is 1030 g/mol. The summed E-state index contributed by atoms with van der Waals surface area (Å²) in [4.78, 5) is 94.6. The molecule has 6 rings (SSSR count). The van der Waals surface area contributed by atoms with Gasteiger partial charge in [0.25, 0.3) is 11.5 Å². The van der Waals surface area contributed by atoms with Gasteiger partial charge in [-0.25, -0.2) is 23.1 Å². The molecular formula is C44H56N6O17P3+. The van der Waals surface area contributed by atoms with Gasteiger partial charge in [-0.1, -0.05) is 50.3 Å². The number of fused-ring (bicyclic) bond motifs is 2. The molecule has 1 aromatic heterocycles. The number of aliphatic hydroxyl groups is 2. The van der Waals surface area contributed by atoms with Crippen molar-refractivity contribution in [3.05, 3.63) is 133 Å². The number of aliphatic hydroxyl groups excluding tert-OH is 2. The summed E-state index contributed by atoms with van der Waals surface area (Å²) in [6.45, 7) is 3.50. The van der Waals surface area contributed by atoms with E-state index in [0.29, 0.717) is 16.6 Å². The number of aromatic nitrogens is 2. The van der Waals surface area contributed by atoms with Crippen molar-refractivity contribution < 1.29 is 75.5 Å². The van der Waals surface area contributed by atoms with Gasteiger partial charge in [0, 0.05) is 75.7 Å². The van der Waals surface area contributed by atoms with Crippen LogP contribution in [0, 0.1) is 0 Å². The minimum Gasteiger partial charge on any atom is -0.387 e. The Balaban J connectivity index is 1.07. The van der Waals surface area contributed by atoms with Gasteiger partial charge in [0.1, 0.15) is 32.4 Å². The van der Waals surface area contributed by atoms with Crippen LogP contribution in [0.3, 0.4) is 0 Å². The standard InChI is InChI=1S/C44H55N6O17P3/c1-44(2)33-22-27(47(3)4)16-18-31(33)37(32-19-17-28(48(5)6)23-34(32)44)29-13-8-9-14-30(29)41(55)49(7)21-11-15-36(51)45-20-10-12-26-24-50(43(56)46-40(26)54)42-39(53)38(52)35(65-42)25-64-69(60,61)67-70(62,63)66-68(57,58)59/h8-10,12-14,16-19,22-24,35,38-39,42,52-53H,11,15,20-21,25H2,1-7H3,(H5-,45,46,51,54,56,57,58,59,60,61,62,63)/p+1/b12-10+/t35-,38-,39-,42-/m1/s1. The third kappa shape index (κ3) is 12.4. The van der Waals surface area contributed by atoms with Crippen molar-refractivity contribution >= 4 is 58.3 Å². The molecule has 0 bridgehead atoms. The molecule has 2 aliphatic carbocycles. The van der Waals surface area contributed by atoms with E-state index in [1.165, 1.54) is 12.2 Å². The Morgan fingerprint density at radius 1 is 0.957 bits per heavy atom. The van der Waals surface area contributed by atoms with Gasteiger partial charge in [-0.05, 0) is 64.1 Å². The number of carbonyl (C=O) groups is 2. The highest BCUT2D eigenvalue weighted by atomic mass is 31.3. The summed E-state index contributed by atoms with van der Waals surface area (Å²) in [5.74, 6) is -0.573. The number of nitrogens with one attached hydrogen (secondary N) is 2. The molecule has 2 aromatic carbocycles. The van der Waals surface area contributed by atoms with E-state index in [-0.39, 0.29) is 42.3 Å². The normalized spacial score (nSPS) is 21.4. The van der Waals surface area contributed by atoms with Crippen molar-refractivity contribution in [2.75, 3.05) is 59.8 Å². The molecule has 1 aliphatic heterocycles. The molecule has 0 spiro atoms. The number of aromatic amines is 1. The molecule has 2 amide bonds. The van der Waals surface area contributed by atoms with Crippen LogP contribution in [0.2, 0.25) is 0 Å². The molecule has 3 aliphatic rings. The summed E-state index contributed by atoms with van der Waals surface area (Å²) >= 11 is 0. The molecule has 70 heavy (non-hydrogen) atoms. The Morgan fingerprint density at radius 2 is 1.66 bits per heavy atom. The molecular weight excluding hydrogens is 977 g/mol. The van der Waals surface area contributed by atoms with E-state index in [2.05, 4.69) is 78.2 Å². The summed E-state index contributed by atoms with van der Waals surface area (Å²) < 4.78 is 54.5. The Bertz CT molecular complexity index is 2980. The summed E-state index contributed by atoms with van der Waals surface area (Å²) in [6, 6.07) is 13.9. The third-order valence-electron chi connectivity index (χ3n) is 11.7. The quantitative estimate of drug-likeness (QED) is 0.0670. The number of phosphoric ester groups is 1. The number of ether oxygens (including phenoxy) is 1. The van der Waals surface area contributed by atoms with E-state index < -0.39 is 65.9 Å². The minimum absolute atomic E-state index is 0.0522. The van der Waals surface area contributed by atoms with Crippen molar-refractivity contribution in [3.8, 4) is 0 Å². The van der Waals surface area contributed by atoms with Crippen molar-refractivity contribution in [1.82, 2.24) is 19.8 Å². The third-order valence-corrected chi connectivity index (χ3v) is 15.5. The Morgan fingerprint density at radius 3 is 2.33 bits per heavy atom. The first-order valence-corrected chi connectivity index (χ1v) is 26.1. The van der Waals surface area contributed by atoms with Crippen LogP contribution in [0.1, 0.15) is 65.5 Å². The van der Waals surface area contributed by atoms with Crippen LogP contribution in [-0.2, 0) is 41.8 Å². The number of nitrogens with zero attached hydrogens (tertiary/aromatic N) is 4. The highest BCUT2D eigenvalue weighted by Crippen LogP contribution is 2.66. The average molecular weight is 1030 g/mol. The molecule has 23 nitrogen and oxygen atoms in total. The summed E-state index contributed by atoms with van der Waals surface area (Å²) in [6.07, 6.45) is 3.17. The smallest absolute Gasteiger partial charge is 0.387 e. The van der Waals surface area contributed by atoms with E-state index in [1.807, 2.05) is 57.4 Å². The predicted octanol–water partition coefficient (Wildman–Crippen LogP) is 2.55. The van der Waals surface area contributed by atoms with Crippen molar-refractivity contribution in [3.63, 3.8) is 0 Å². The van der Waals surface area contributed by atoms with Crippen molar-refractivity contribution in [1.29, 1.82) is 0 Å². The van der Waals surface area contributed by atoms with Gasteiger partial charge in [-0.2, -0.15) is 8.62 Å². The molecule has 1 fully saturated rings. The van der Waals surface area contributed by atoms with Crippen molar-refractivity contribution in [2.24, 2.45) is 0 Å². The van der Waals surface area contributed by atoms with Gasteiger partial charge >= 0.3 is 29.2 Å². The second-order valence-corrected chi connectivity index (χ2v) is 21.9. The first-order chi connectivity index (χ1) is 32.6. The largest absolute Gasteiger partial charge is 0.490 e. The molecule has 2 heterocycles. The van der Waals surface area contributed by atoms with Gasteiger partial charge in [-0.3, -0.25) is 28.5 Å². The zero-order valence-electron chi connectivity index (χ0n) is 39.2. The highest BCUT2D eigenvalue weighted by molar-refractivity contribution is 7.66. The molecule has 0 saturated carbocycles. The van der Waals surface area contributed by atoms with Crippen LogP contribution in [0.15, 0.2) is 93.7 Å². The lowest BCUT2D eigenvalue weighted by atomic mass is 9.64. The van der Waals surface area contributed by atoms with Crippen LogP contribution >= 0.6 is 23.5 Å². The van der Waals surface area contributed by atoms with Gasteiger partial charge in [0.2, 0.25) is 5.91 Å². The van der Waals surface area contributed by atoms with Crippen LogP contribution in [0.25, 0.3) is 11.6 Å².